The van der Waals surface area contributed by atoms with Crippen LogP contribution in [-0.4, -0.2) is 40.1 Å². The average molecular weight is 317 g/mol. The summed E-state index contributed by atoms with van der Waals surface area (Å²) in [5.41, 5.74) is 2.79. The first-order valence-electron chi connectivity index (χ1n) is 9.19. The van der Waals surface area contributed by atoms with Crippen molar-refractivity contribution in [3.8, 4) is 0 Å². The van der Waals surface area contributed by atoms with E-state index in [1.165, 1.54) is 49.3 Å². The number of rotatable bonds is 4. The highest BCUT2D eigenvalue weighted by atomic mass is 16.5. The van der Waals surface area contributed by atoms with Gasteiger partial charge >= 0.3 is 5.97 Å². The van der Waals surface area contributed by atoms with Gasteiger partial charge in [-0.1, -0.05) is 0 Å². The van der Waals surface area contributed by atoms with Crippen LogP contribution in [0.4, 0.5) is 0 Å². The maximum absolute atomic E-state index is 11.7. The fourth-order valence-electron chi connectivity index (χ4n) is 4.51. The third-order valence-electron chi connectivity index (χ3n) is 5.88. The van der Waals surface area contributed by atoms with Crippen LogP contribution in [0.15, 0.2) is 0 Å². The zero-order chi connectivity index (χ0) is 15.8. The highest BCUT2D eigenvalue weighted by Gasteiger charge is 2.33. The van der Waals surface area contributed by atoms with Crippen LogP contribution >= 0.6 is 0 Å². The second-order valence-electron chi connectivity index (χ2n) is 7.27. The Morgan fingerprint density at radius 2 is 2.09 bits per heavy atom. The van der Waals surface area contributed by atoms with E-state index in [9.17, 15) is 4.79 Å². The minimum atomic E-state index is 0.00760. The summed E-state index contributed by atoms with van der Waals surface area (Å²) in [4.78, 5) is 19.2. The van der Waals surface area contributed by atoms with Gasteiger partial charge in [-0.05, 0) is 64.5 Å². The van der Waals surface area contributed by atoms with Gasteiger partial charge in [0.15, 0.2) is 0 Å². The Hall–Kier alpha value is -1.36. The minimum Gasteiger partial charge on any atom is -0.465 e. The van der Waals surface area contributed by atoms with E-state index in [4.69, 9.17) is 9.72 Å². The van der Waals surface area contributed by atoms with Gasteiger partial charge < -0.3 is 9.30 Å². The van der Waals surface area contributed by atoms with E-state index in [1.54, 1.807) is 0 Å². The molecule has 4 rings (SSSR count). The molecule has 3 aliphatic rings. The molecular weight excluding hydrogens is 290 g/mol. The first-order chi connectivity index (χ1) is 11.2. The average Bonchev–Trinajstić information content (AvgIpc) is 3.25. The summed E-state index contributed by atoms with van der Waals surface area (Å²) in [6.07, 6.45) is 9.15. The van der Waals surface area contributed by atoms with Crippen molar-refractivity contribution in [1.29, 1.82) is 0 Å². The Kier molecular flexibility index (Phi) is 4.14. The summed E-state index contributed by atoms with van der Waals surface area (Å²) in [6.45, 7) is 2.73. The summed E-state index contributed by atoms with van der Waals surface area (Å²) in [5, 5.41) is 0. The van der Waals surface area contributed by atoms with Crippen molar-refractivity contribution in [2.24, 2.45) is 13.0 Å². The Bertz CT molecular complexity index is 595. The summed E-state index contributed by atoms with van der Waals surface area (Å²) in [6, 6.07) is 0.433. The van der Waals surface area contributed by atoms with Gasteiger partial charge in [0.05, 0.1) is 24.3 Å². The van der Waals surface area contributed by atoms with Crippen LogP contribution in [0.2, 0.25) is 0 Å². The lowest BCUT2D eigenvalue weighted by atomic mass is 10.0. The van der Waals surface area contributed by atoms with Crippen molar-refractivity contribution in [2.75, 3.05) is 19.7 Å². The quantitative estimate of drug-likeness (QED) is 0.800. The summed E-state index contributed by atoms with van der Waals surface area (Å²) < 4.78 is 7.45. The molecule has 2 atom stereocenters. The number of carbonyl (C=O) groups is 1. The van der Waals surface area contributed by atoms with E-state index in [1.807, 2.05) is 0 Å². The maximum Gasteiger partial charge on any atom is 0.309 e. The van der Waals surface area contributed by atoms with Gasteiger partial charge in [-0.3, -0.25) is 9.69 Å². The van der Waals surface area contributed by atoms with Crippen molar-refractivity contribution >= 4 is 5.97 Å². The van der Waals surface area contributed by atoms with Gasteiger partial charge in [-0.2, -0.15) is 0 Å². The number of imidazole rings is 1. The van der Waals surface area contributed by atoms with Gasteiger partial charge in [0.2, 0.25) is 0 Å². The number of esters is 1. The largest absolute Gasteiger partial charge is 0.465 e. The maximum atomic E-state index is 11.7. The number of fused-ring (bicyclic) bond motifs is 1. The highest BCUT2D eigenvalue weighted by Crippen LogP contribution is 2.34. The number of aromatic nitrogens is 2. The van der Waals surface area contributed by atoms with Crippen LogP contribution in [-0.2, 0) is 29.4 Å². The number of hydrogen-bond donors (Lipinski definition) is 0. The van der Waals surface area contributed by atoms with Crippen molar-refractivity contribution < 1.29 is 9.53 Å². The number of carbonyl (C=O) groups excluding carboxylic acids is 1. The van der Waals surface area contributed by atoms with Crippen LogP contribution in [0, 0.1) is 5.92 Å². The zero-order valence-corrected chi connectivity index (χ0v) is 14.1. The second-order valence-corrected chi connectivity index (χ2v) is 7.27. The van der Waals surface area contributed by atoms with E-state index in [-0.39, 0.29) is 11.9 Å². The molecule has 0 saturated carbocycles. The van der Waals surface area contributed by atoms with E-state index in [0.29, 0.717) is 12.6 Å². The van der Waals surface area contributed by atoms with E-state index < -0.39 is 0 Å². The van der Waals surface area contributed by atoms with Crippen LogP contribution in [0.5, 0.6) is 0 Å². The summed E-state index contributed by atoms with van der Waals surface area (Å²) in [5.74, 6) is 1.38. The SMILES string of the molecule is Cn1c([C@H]2CCCN2CC[C@@H]2CCOC2=O)nc2c1CCCC2. The first-order valence-corrected chi connectivity index (χ1v) is 9.19. The molecule has 1 aliphatic carbocycles. The number of likely N-dealkylation sites (tertiary alicyclic amines) is 1. The molecule has 0 N–H and O–H groups in total. The third kappa shape index (κ3) is 2.80. The van der Waals surface area contributed by atoms with Crippen LogP contribution in [0.25, 0.3) is 0 Å². The van der Waals surface area contributed by atoms with Crippen molar-refractivity contribution in [3.63, 3.8) is 0 Å². The molecular formula is C18H27N3O2. The lowest BCUT2D eigenvalue weighted by molar-refractivity contribution is -0.141. The minimum absolute atomic E-state index is 0.00760. The Balaban J connectivity index is 1.47. The number of aryl methyl sites for hydroxylation is 1. The molecule has 0 bridgehead atoms. The Morgan fingerprint density at radius 3 is 2.87 bits per heavy atom. The topological polar surface area (TPSA) is 47.4 Å². The lowest BCUT2D eigenvalue weighted by Crippen LogP contribution is -2.28. The predicted octanol–water partition coefficient (Wildman–Crippen LogP) is 2.39. The van der Waals surface area contributed by atoms with Gasteiger partial charge in [0.1, 0.15) is 5.82 Å². The molecule has 5 nitrogen and oxygen atoms in total. The number of nitrogens with zero attached hydrogens (tertiary/aromatic N) is 3. The molecule has 23 heavy (non-hydrogen) atoms. The molecule has 0 amide bonds. The van der Waals surface area contributed by atoms with Gasteiger partial charge in [0.25, 0.3) is 0 Å². The molecule has 1 aromatic rings. The molecule has 2 fully saturated rings. The van der Waals surface area contributed by atoms with Gasteiger partial charge in [-0.25, -0.2) is 4.98 Å². The number of ether oxygens (including phenoxy) is 1. The molecule has 2 saturated heterocycles. The molecule has 0 spiro atoms. The normalized spacial score (nSPS) is 28.1. The predicted molar refractivity (Wildman–Crippen MR) is 87.1 cm³/mol. The number of cyclic esters (lactones) is 1. The third-order valence-corrected chi connectivity index (χ3v) is 5.88. The molecule has 126 valence electrons. The van der Waals surface area contributed by atoms with Crippen LogP contribution in [0.3, 0.4) is 0 Å². The van der Waals surface area contributed by atoms with Gasteiger partial charge in [-0.15, -0.1) is 0 Å². The molecule has 0 radical (unpaired) electrons. The Morgan fingerprint density at radius 1 is 1.22 bits per heavy atom. The molecule has 2 aliphatic heterocycles. The lowest BCUT2D eigenvalue weighted by Gasteiger charge is -2.25. The smallest absolute Gasteiger partial charge is 0.309 e. The van der Waals surface area contributed by atoms with E-state index in [2.05, 4.69) is 16.5 Å². The summed E-state index contributed by atoms with van der Waals surface area (Å²) in [7, 11) is 2.19. The van der Waals surface area contributed by atoms with Crippen LogP contribution < -0.4 is 0 Å². The number of hydrogen-bond acceptors (Lipinski definition) is 4. The fraction of sp³-hybridized carbons (Fsp3) is 0.778. The van der Waals surface area contributed by atoms with Crippen LogP contribution in [0.1, 0.15) is 61.8 Å². The van der Waals surface area contributed by atoms with E-state index >= 15 is 0 Å². The zero-order valence-electron chi connectivity index (χ0n) is 14.1. The van der Waals surface area contributed by atoms with Crippen molar-refractivity contribution in [3.05, 3.63) is 17.2 Å². The second kappa shape index (κ2) is 6.27. The van der Waals surface area contributed by atoms with Crippen molar-refractivity contribution in [2.45, 2.75) is 57.4 Å². The monoisotopic (exact) mass is 317 g/mol. The molecule has 0 unspecified atom stereocenters. The standard InChI is InChI=1S/C18H27N3O2/c1-20-15-6-3-2-5-14(15)19-17(20)16-7-4-10-21(16)11-8-13-9-12-23-18(13)22/h13,16H,2-12H2,1H3/t13-,16-/m1/s1. The summed E-state index contributed by atoms with van der Waals surface area (Å²) >= 11 is 0. The van der Waals surface area contributed by atoms with Crippen molar-refractivity contribution in [1.82, 2.24) is 14.5 Å². The molecule has 5 heteroatoms. The molecule has 3 heterocycles. The fourth-order valence-corrected chi connectivity index (χ4v) is 4.51. The molecule has 1 aromatic heterocycles. The first kappa shape index (κ1) is 15.2. The Labute approximate surface area is 138 Å². The molecule has 0 aromatic carbocycles. The van der Waals surface area contributed by atoms with Gasteiger partial charge in [0, 0.05) is 12.7 Å². The highest BCUT2D eigenvalue weighted by molar-refractivity contribution is 5.74. The van der Waals surface area contributed by atoms with E-state index in [0.717, 1.165) is 32.4 Å².